The third-order valence-electron chi connectivity index (χ3n) is 2.46. The third-order valence-corrected chi connectivity index (χ3v) is 2.88. The number of aliphatic hydroxyl groups is 1. The minimum Gasteiger partial charge on any atom is -0.388 e. The van der Waals surface area contributed by atoms with Gasteiger partial charge in [0, 0.05) is 0 Å². The number of halogens is 1. The SMILES string of the molecule is CC1(C(O)/C=C/I)CCC1. The van der Waals surface area contributed by atoms with E-state index in [1.165, 1.54) is 19.3 Å². The van der Waals surface area contributed by atoms with Crippen LogP contribution in [0, 0.1) is 5.41 Å². The van der Waals surface area contributed by atoms with Gasteiger partial charge in [-0.15, -0.1) is 0 Å². The first-order valence-corrected chi connectivity index (χ1v) is 4.88. The van der Waals surface area contributed by atoms with Crippen LogP contribution < -0.4 is 0 Å². The van der Waals surface area contributed by atoms with E-state index in [2.05, 4.69) is 29.5 Å². The minimum absolute atomic E-state index is 0.196. The van der Waals surface area contributed by atoms with Gasteiger partial charge in [-0.3, -0.25) is 0 Å². The summed E-state index contributed by atoms with van der Waals surface area (Å²) in [5, 5.41) is 9.54. The lowest BCUT2D eigenvalue weighted by atomic mass is 9.67. The molecule has 1 rings (SSSR count). The van der Waals surface area contributed by atoms with Gasteiger partial charge in [0.15, 0.2) is 0 Å². The van der Waals surface area contributed by atoms with E-state index in [-0.39, 0.29) is 11.5 Å². The van der Waals surface area contributed by atoms with Crippen molar-refractivity contribution in [3.05, 3.63) is 10.2 Å². The lowest BCUT2D eigenvalue weighted by molar-refractivity contribution is 0.0115. The van der Waals surface area contributed by atoms with E-state index in [1.54, 1.807) is 0 Å². The van der Waals surface area contributed by atoms with Crippen LogP contribution in [0.5, 0.6) is 0 Å². The molecule has 58 valence electrons. The Morgan fingerprint density at radius 2 is 2.20 bits per heavy atom. The van der Waals surface area contributed by atoms with Crippen molar-refractivity contribution in [3.63, 3.8) is 0 Å². The van der Waals surface area contributed by atoms with Gasteiger partial charge in [-0.1, -0.05) is 35.9 Å². The molecule has 0 amide bonds. The van der Waals surface area contributed by atoms with Crippen molar-refractivity contribution in [1.29, 1.82) is 0 Å². The fourth-order valence-electron chi connectivity index (χ4n) is 1.33. The molecule has 0 radical (unpaired) electrons. The van der Waals surface area contributed by atoms with Gasteiger partial charge in [0.2, 0.25) is 0 Å². The Kier molecular flexibility index (Phi) is 2.74. The summed E-state index contributed by atoms with van der Waals surface area (Å²) in [6.45, 7) is 2.15. The largest absolute Gasteiger partial charge is 0.388 e. The van der Waals surface area contributed by atoms with Gasteiger partial charge in [0.05, 0.1) is 6.10 Å². The molecule has 2 heteroatoms. The molecule has 0 bridgehead atoms. The lowest BCUT2D eigenvalue weighted by Crippen LogP contribution is -2.37. The van der Waals surface area contributed by atoms with Crippen LogP contribution in [0.3, 0.4) is 0 Å². The predicted octanol–water partition coefficient (Wildman–Crippen LogP) is 2.49. The van der Waals surface area contributed by atoms with Crippen molar-refractivity contribution in [3.8, 4) is 0 Å². The van der Waals surface area contributed by atoms with Crippen molar-refractivity contribution in [2.45, 2.75) is 32.3 Å². The molecular formula is C8H13IO. The second-order valence-corrected chi connectivity index (χ2v) is 3.99. The van der Waals surface area contributed by atoms with Crippen LogP contribution in [-0.2, 0) is 0 Å². The molecular weight excluding hydrogens is 239 g/mol. The van der Waals surface area contributed by atoms with Crippen LogP contribution in [0.4, 0.5) is 0 Å². The van der Waals surface area contributed by atoms with Gasteiger partial charge in [0.25, 0.3) is 0 Å². The van der Waals surface area contributed by atoms with E-state index in [0.717, 1.165) is 0 Å². The first kappa shape index (κ1) is 8.53. The van der Waals surface area contributed by atoms with Crippen LogP contribution >= 0.6 is 22.6 Å². The van der Waals surface area contributed by atoms with Gasteiger partial charge < -0.3 is 5.11 Å². The normalized spacial score (nSPS) is 26.3. The van der Waals surface area contributed by atoms with E-state index in [0.29, 0.717) is 0 Å². The Morgan fingerprint density at radius 3 is 2.50 bits per heavy atom. The van der Waals surface area contributed by atoms with Gasteiger partial charge in [-0.25, -0.2) is 0 Å². The van der Waals surface area contributed by atoms with Crippen LogP contribution in [-0.4, -0.2) is 11.2 Å². The lowest BCUT2D eigenvalue weighted by Gasteiger charge is -2.41. The average molecular weight is 252 g/mol. The molecule has 0 aromatic rings. The summed E-state index contributed by atoms with van der Waals surface area (Å²) in [7, 11) is 0. The highest BCUT2D eigenvalue weighted by atomic mass is 127. The van der Waals surface area contributed by atoms with Crippen molar-refractivity contribution in [2.75, 3.05) is 0 Å². The molecule has 1 aliphatic carbocycles. The Hall–Kier alpha value is 0.430. The fraction of sp³-hybridized carbons (Fsp3) is 0.750. The highest BCUT2D eigenvalue weighted by Crippen LogP contribution is 2.43. The number of hydrogen-bond acceptors (Lipinski definition) is 1. The van der Waals surface area contributed by atoms with Crippen LogP contribution in [0.2, 0.25) is 0 Å². The summed E-state index contributed by atoms with van der Waals surface area (Å²) in [6, 6.07) is 0. The molecule has 1 aliphatic rings. The monoisotopic (exact) mass is 252 g/mol. The summed E-state index contributed by atoms with van der Waals surface area (Å²) in [5.41, 5.74) is 0.196. The summed E-state index contributed by atoms with van der Waals surface area (Å²) in [5.74, 6) is 0. The average Bonchev–Trinajstić information content (AvgIpc) is 1.83. The highest BCUT2D eigenvalue weighted by molar-refractivity contribution is 14.1. The summed E-state index contributed by atoms with van der Waals surface area (Å²) in [6.07, 6.45) is 5.28. The summed E-state index contributed by atoms with van der Waals surface area (Å²) < 4.78 is 1.89. The van der Waals surface area contributed by atoms with Crippen molar-refractivity contribution < 1.29 is 5.11 Å². The molecule has 0 aromatic heterocycles. The topological polar surface area (TPSA) is 20.2 Å². The standard InChI is InChI=1S/C8H13IO/c1-8(4-2-5-8)7(10)3-6-9/h3,6-7,10H,2,4-5H2,1H3/b6-3+. The third kappa shape index (κ3) is 1.53. The molecule has 0 spiro atoms. The van der Waals surface area contributed by atoms with Crippen molar-refractivity contribution in [1.82, 2.24) is 0 Å². The molecule has 0 aromatic carbocycles. The second-order valence-electron chi connectivity index (χ2n) is 3.27. The number of rotatable bonds is 2. The van der Waals surface area contributed by atoms with Crippen LogP contribution in [0.1, 0.15) is 26.2 Å². The van der Waals surface area contributed by atoms with E-state index < -0.39 is 0 Å². The smallest absolute Gasteiger partial charge is 0.0781 e. The second kappa shape index (κ2) is 3.22. The molecule has 1 atom stereocenters. The quantitative estimate of drug-likeness (QED) is 0.748. The Morgan fingerprint density at radius 1 is 1.60 bits per heavy atom. The van der Waals surface area contributed by atoms with E-state index in [9.17, 15) is 5.11 Å². The van der Waals surface area contributed by atoms with E-state index in [4.69, 9.17) is 0 Å². The highest BCUT2D eigenvalue weighted by Gasteiger charge is 2.37. The number of aliphatic hydroxyl groups excluding tert-OH is 1. The summed E-state index contributed by atoms with van der Waals surface area (Å²) in [4.78, 5) is 0. The first-order valence-electron chi connectivity index (χ1n) is 3.64. The maximum absolute atomic E-state index is 9.54. The molecule has 1 N–H and O–H groups in total. The predicted molar refractivity (Wildman–Crippen MR) is 51.1 cm³/mol. The number of hydrogen-bond donors (Lipinski definition) is 1. The van der Waals surface area contributed by atoms with Crippen LogP contribution in [0.15, 0.2) is 10.2 Å². The van der Waals surface area contributed by atoms with E-state index in [1.807, 2.05) is 10.2 Å². The van der Waals surface area contributed by atoms with Gasteiger partial charge in [-0.05, 0) is 28.4 Å². The molecule has 0 saturated heterocycles. The van der Waals surface area contributed by atoms with Crippen molar-refractivity contribution in [2.24, 2.45) is 5.41 Å². The Balaban J connectivity index is 2.46. The molecule has 0 heterocycles. The van der Waals surface area contributed by atoms with Gasteiger partial charge >= 0.3 is 0 Å². The van der Waals surface area contributed by atoms with E-state index >= 15 is 0 Å². The Bertz CT molecular complexity index is 138. The minimum atomic E-state index is -0.224. The zero-order valence-corrected chi connectivity index (χ0v) is 8.34. The van der Waals surface area contributed by atoms with Gasteiger partial charge in [-0.2, -0.15) is 0 Å². The molecule has 0 aliphatic heterocycles. The first-order chi connectivity index (χ1) is 4.69. The maximum atomic E-state index is 9.54. The molecule has 1 nitrogen and oxygen atoms in total. The molecule has 1 fully saturated rings. The maximum Gasteiger partial charge on any atom is 0.0781 e. The van der Waals surface area contributed by atoms with Crippen molar-refractivity contribution >= 4 is 22.6 Å². The Labute approximate surface area is 75.7 Å². The van der Waals surface area contributed by atoms with Gasteiger partial charge in [0.1, 0.15) is 0 Å². The van der Waals surface area contributed by atoms with Crippen LogP contribution in [0.25, 0.3) is 0 Å². The molecule has 1 unspecified atom stereocenters. The fourth-order valence-corrected chi connectivity index (χ4v) is 1.72. The zero-order valence-electron chi connectivity index (χ0n) is 6.18. The summed E-state index contributed by atoms with van der Waals surface area (Å²) >= 11 is 2.14. The molecule has 10 heavy (non-hydrogen) atoms. The molecule has 1 saturated carbocycles. The zero-order chi connectivity index (χ0) is 7.61.